The Balaban J connectivity index is 2.06. The zero-order valence-corrected chi connectivity index (χ0v) is 12.2. The van der Waals surface area contributed by atoms with Crippen molar-refractivity contribution in [2.75, 3.05) is 5.32 Å². The molecule has 102 valence electrons. The minimum absolute atomic E-state index is 0.0599. The molecule has 3 N–H and O–H groups in total. The highest BCUT2D eigenvalue weighted by molar-refractivity contribution is 7.80. The van der Waals surface area contributed by atoms with Crippen molar-refractivity contribution in [1.29, 1.82) is 0 Å². The van der Waals surface area contributed by atoms with Crippen molar-refractivity contribution in [3.8, 4) is 0 Å². The van der Waals surface area contributed by atoms with Crippen LogP contribution < -0.4 is 11.1 Å². The van der Waals surface area contributed by atoms with E-state index in [2.05, 4.69) is 5.32 Å². The van der Waals surface area contributed by atoms with Crippen LogP contribution in [0.2, 0.25) is 5.02 Å². The summed E-state index contributed by atoms with van der Waals surface area (Å²) in [6.45, 7) is 0. The molecule has 0 heterocycles. The van der Waals surface area contributed by atoms with Crippen molar-refractivity contribution in [3.63, 3.8) is 0 Å². The van der Waals surface area contributed by atoms with Crippen LogP contribution in [-0.4, -0.2) is 10.9 Å². The number of nitrogens with two attached hydrogens (primary N) is 1. The van der Waals surface area contributed by atoms with Gasteiger partial charge < -0.3 is 11.1 Å². The van der Waals surface area contributed by atoms with Gasteiger partial charge in [0.05, 0.1) is 10.7 Å². The minimum atomic E-state index is 0.0599. The summed E-state index contributed by atoms with van der Waals surface area (Å²) in [5, 5.41) is 3.36. The topological polar surface area (TPSA) is 55.1 Å². The first-order chi connectivity index (χ1) is 9.08. The van der Waals surface area contributed by atoms with Crippen LogP contribution in [0.15, 0.2) is 18.2 Å². The molecular weight excluding hydrogens is 280 g/mol. The van der Waals surface area contributed by atoms with Gasteiger partial charge in [-0.05, 0) is 31.0 Å². The monoisotopic (exact) mass is 296 g/mol. The molecule has 1 aliphatic rings. The Morgan fingerprint density at radius 3 is 2.58 bits per heavy atom. The molecule has 1 aromatic carbocycles. The molecule has 1 amide bonds. The normalized spacial score (nSPS) is 16.1. The quantitative estimate of drug-likeness (QED) is 0.840. The Morgan fingerprint density at radius 1 is 1.32 bits per heavy atom. The van der Waals surface area contributed by atoms with Gasteiger partial charge in [0.15, 0.2) is 0 Å². The van der Waals surface area contributed by atoms with Crippen LogP contribution in [0.3, 0.4) is 0 Å². The second-order valence-electron chi connectivity index (χ2n) is 4.88. The Bertz CT molecular complexity index is 498. The molecule has 0 bridgehead atoms. The van der Waals surface area contributed by atoms with Gasteiger partial charge in [0.1, 0.15) is 4.99 Å². The third-order valence-electron chi connectivity index (χ3n) is 3.49. The number of carbonyl (C=O) groups excluding carboxylic acids is 1. The molecule has 19 heavy (non-hydrogen) atoms. The van der Waals surface area contributed by atoms with Crippen molar-refractivity contribution in [3.05, 3.63) is 28.8 Å². The van der Waals surface area contributed by atoms with Crippen LogP contribution in [-0.2, 0) is 4.79 Å². The lowest BCUT2D eigenvalue weighted by Gasteiger charge is -2.21. The molecule has 2 rings (SSSR count). The van der Waals surface area contributed by atoms with Crippen LogP contribution in [0.25, 0.3) is 0 Å². The molecule has 0 unspecified atom stereocenters. The van der Waals surface area contributed by atoms with Crippen LogP contribution in [0.1, 0.15) is 37.7 Å². The Hall–Kier alpha value is -1.13. The Labute approximate surface area is 123 Å². The average molecular weight is 297 g/mol. The van der Waals surface area contributed by atoms with E-state index in [4.69, 9.17) is 29.6 Å². The molecule has 0 saturated heterocycles. The highest BCUT2D eigenvalue weighted by Gasteiger charge is 2.21. The predicted molar refractivity (Wildman–Crippen MR) is 82.5 cm³/mol. The van der Waals surface area contributed by atoms with Crippen molar-refractivity contribution >= 4 is 40.4 Å². The minimum Gasteiger partial charge on any atom is -0.389 e. The summed E-state index contributed by atoms with van der Waals surface area (Å²) in [6, 6.07) is 5.20. The summed E-state index contributed by atoms with van der Waals surface area (Å²) in [5.41, 5.74) is 6.86. The van der Waals surface area contributed by atoms with Gasteiger partial charge in [-0.3, -0.25) is 4.79 Å². The Morgan fingerprint density at radius 2 is 2.00 bits per heavy atom. The third kappa shape index (κ3) is 3.67. The molecule has 1 saturated carbocycles. The van der Waals surface area contributed by atoms with E-state index in [0.29, 0.717) is 21.3 Å². The SMILES string of the molecule is NC(=S)c1ccc(NC(=O)C2CCCCC2)c(Cl)c1. The molecule has 1 aliphatic carbocycles. The second kappa shape index (κ2) is 6.35. The maximum absolute atomic E-state index is 12.1. The van der Waals surface area contributed by atoms with Gasteiger partial charge in [-0.15, -0.1) is 0 Å². The number of thiocarbonyl (C=S) groups is 1. The molecule has 0 radical (unpaired) electrons. The molecular formula is C14H17ClN2OS. The van der Waals surface area contributed by atoms with Gasteiger partial charge in [0.25, 0.3) is 0 Å². The third-order valence-corrected chi connectivity index (χ3v) is 4.04. The van der Waals surface area contributed by atoms with Crippen LogP contribution in [0.4, 0.5) is 5.69 Å². The summed E-state index contributed by atoms with van der Waals surface area (Å²) in [5.74, 6) is 0.171. The molecule has 5 heteroatoms. The van der Waals surface area contributed by atoms with Crippen molar-refractivity contribution in [2.45, 2.75) is 32.1 Å². The van der Waals surface area contributed by atoms with Crippen molar-refractivity contribution < 1.29 is 4.79 Å². The second-order valence-corrected chi connectivity index (χ2v) is 5.73. The van der Waals surface area contributed by atoms with E-state index < -0.39 is 0 Å². The molecule has 1 fully saturated rings. The number of rotatable bonds is 3. The molecule has 0 aliphatic heterocycles. The van der Waals surface area contributed by atoms with Gasteiger partial charge in [-0.2, -0.15) is 0 Å². The first-order valence-corrected chi connectivity index (χ1v) is 7.27. The van der Waals surface area contributed by atoms with Gasteiger partial charge >= 0.3 is 0 Å². The molecule has 0 aromatic heterocycles. The molecule has 0 spiro atoms. The van der Waals surface area contributed by atoms with Crippen molar-refractivity contribution in [2.24, 2.45) is 11.7 Å². The van der Waals surface area contributed by atoms with Crippen LogP contribution in [0.5, 0.6) is 0 Å². The lowest BCUT2D eigenvalue weighted by atomic mass is 9.88. The lowest BCUT2D eigenvalue weighted by molar-refractivity contribution is -0.120. The van der Waals surface area contributed by atoms with E-state index in [-0.39, 0.29) is 11.8 Å². The van der Waals surface area contributed by atoms with Gasteiger partial charge in [-0.25, -0.2) is 0 Å². The zero-order valence-electron chi connectivity index (χ0n) is 10.6. The predicted octanol–water partition coefficient (Wildman–Crippen LogP) is 3.49. The first kappa shape index (κ1) is 14.3. The number of hydrogen-bond donors (Lipinski definition) is 2. The average Bonchev–Trinajstić information content (AvgIpc) is 2.41. The summed E-state index contributed by atoms with van der Waals surface area (Å²) < 4.78 is 0. The van der Waals surface area contributed by atoms with Crippen LogP contribution in [0, 0.1) is 5.92 Å². The highest BCUT2D eigenvalue weighted by atomic mass is 35.5. The summed E-state index contributed by atoms with van der Waals surface area (Å²) in [6.07, 6.45) is 5.43. The van der Waals surface area contributed by atoms with Crippen LogP contribution >= 0.6 is 23.8 Å². The van der Waals surface area contributed by atoms with E-state index in [1.54, 1.807) is 18.2 Å². The van der Waals surface area contributed by atoms with E-state index in [1.165, 1.54) is 6.42 Å². The Kier molecular flexibility index (Phi) is 4.77. The van der Waals surface area contributed by atoms with E-state index in [0.717, 1.165) is 25.7 Å². The fourth-order valence-corrected chi connectivity index (χ4v) is 2.72. The van der Waals surface area contributed by atoms with E-state index in [1.807, 2.05) is 0 Å². The number of anilines is 1. The first-order valence-electron chi connectivity index (χ1n) is 6.48. The highest BCUT2D eigenvalue weighted by Crippen LogP contribution is 2.27. The fraction of sp³-hybridized carbons (Fsp3) is 0.429. The number of halogens is 1. The van der Waals surface area contributed by atoms with Gasteiger partial charge in [-0.1, -0.05) is 43.1 Å². The molecule has 0 atom stereocenters. The number of carbonyl (C=O) groups is 1. The summed E-state index contributed by atoms with van der Waals surface area (Å²) in [7, 11) is 0. The maximum Gasteiger partial charge on any atom is 0.227 e. The largest absolute Gasteiger partial charge is 0.389 e. The number of nitrogens with one attached hydrogen (secondary N) is 1. The smallest absolute Gasteiger partial charge is 0.227 e. The summed E-state index contributed by atoms with van der Waals surface area (Å²) in [4.78, 5) is 12.4. The number of benzene rings is 1. The van der Waals surface area contributed by atoms with Gasteiger partial charge in [0.2, 0.25) is 5.91 Å². The maximum atomic E-state index is 12.1. The zero-order chi connectivity index (χ0) is 13.8. The molecule has 1 aromatic rings. The van der Waals surface area contributed by atoms with E-state index in [9.17, 15) is 4.79 Å². The number of amides is 1. The summed E-state index contributed by atoms with van der Waals surface area (Å²) >= 11 is 11.0. The number of hydrogen-bond acceptors (Lipinski definition) is 2. The van der Waals surface area contributed by atoms with Gasteiger partial charge in [0, 0.05) is 11.5 Å². The fourth-order valence-electron chi connectivity index (χ4n) is 2.37. The van der Waals surface area contributed by atoms with E-state index >= 15 is 0 Å². The van der Waals surface area contributed by atoms with Crippen molar-refractivity contribution in [1.82, 2.24) is 0 Å². The standard InChI is InChI=1S/C14H17ClN2OS/c15-11-8-10(13(16)19)6-7-12(11)17-14(18)9-4-2-1-3-5-9/h6-9H,1-5H2,(H2,16,19)(H,17,18). The molecule has 3 nitrogen and oxygen atoms in total. The lowest BCUT2D eigenvalue weighted by Crippen LogP contribution is -2.24.